The zero-order chi connectivity index (χ0) is 7.84. The van der Waals surface area contributed by atoms with Crippen LogP contribution in [0.2, 0.25) is 0 Å². The normalized spacial score (nSPS) is 10.5. The molecule has 4 heteroatoms. The standard InChI is InChI=1S/C7H8N4/c8-5-3-11-7-4(6(5)9)1-2-10-7/h1-3H,8H2,(H3,9,10,11). The number of anilines is 2. The molecule has 0 radical (unpaired) electrons. The number of pyridine rings is 1. The molecule has 0 unspecified atom stereocenters. The molecule has 2 aromatic rings. The van der Waals surface area contributed by atoms with Crippen molar-refractivity contribution in [2.75, 3.05) is 11.5 Å². The van der Waals surface area contributed by atoms with Gasteiger partial charge in [-0.15, -0.1) is 0 Å². The van der Waals surface area contributed by atoms with Crippen LogP contribution in [0.15, 0.2) is 18.5 Å². The number of nitrogen functional groups attached to an aromatic ring is 2. The van der Waals surface area contributed by atoms with Crippen LogP contribution in [-0.4, -0.2) is 9.97 Å². The van der Waals surface area contributed by atoms with Crippen LogP contribution in [0, 0.1) is 0 Å². The highest BCUT2D eigenvalue weighted by molar-refractivity contribution is 5.93. The van der Waals surface area contributed by atoms with Crippen LogP contribution >= 0.6 is 0 Å². The molecule has 0 aliphatic carbocycles. The van der Waals surface area contributed by atoms with Gasteiger partial charge in [-0.2, -0.15) is 0 Å². The first-order valence-electron chi connectivity index (χ1n) is 3.26. The Kier molecular flexibility index (Phi) is 1.03. The first-order chi connectivity index (χ1) is 5.29. The number of hydrogen-bond acceptors (Lipinski definition) is 3. The van der Waals surface area contributed by atoms with E-state index < -0.39 is 0 Å². The SMILES string of the molecule is Nc1cnc2[nH]ccc2c1N. The monoisotopic (exact) mass is 148 g/mol. The van der Waals surface area contributed by atoms with Gasteiger partial charge in [-0.3, -0.25) is 0 Å². The fourth-order valence-electron chi connectivity index (χ4n) is 1.04. The maximum Gasteiger partial charge on any atom is 0.139 e. The Morgan fingerprint density at radius 2 is 2.18 bits per heavy atom. The molecule has 0 amide bonds. The number of aromatic nitrogens is 2. The molecule has 0 aliphatic rings. The van der Waals surface area contributed by atoms with Gasteiger partial charge in [0.2, 0.25) is 0 Å². The largest absolute Gasteiger partial charge is 0.396 e. The Balaban J connectivity index is 2.93. The Labute approximate surface area is 63.2 Å². The first-order valence-corrected chi connectivity index (χ1v) is 3.26. The average molecular weight is 148 g/mol. The predicted octanol–water partition coefficient (Wildman–Crippen LogP) is 0.727. The van der Waals surface area contributed by atoms with E-state index >= 15 is 0 Å². The summed E-state index contributed by atoms with van der Waals surface area (Å²) in [5.74, 6) is 0. The highest BCUT2D eigenvalue weighted by atomic mass is 14.9. The fourth-order valence-corrected chi connectivity index (χ4v) is 1.04. The van der Waals surface area contributed by atoms with Gasteiger partial charge in [-0.25, -0.2) is 4.98 Å². The molecule has 0 saturated heterocycles. The molecule has 0 saturated carbocycles. The third kappa shape index (κ3) is 0.724. The lowest BCUT2D eigenvalue weighted by Gasteiger charge is -1.98. The third-order valence-corrected chi connectivity index (χ3v) is 1.66. The summed E-state index contributed by atoms with van der Waals surface area (Å²) in [7, 11) is 0. The summed E-state index contributed by atoms with van der Waals surface area (Å²) in [5.41, 5.74) is 13.1. The van der Waals surface area contributed by atoms with Crippen molar-refractivity contribution >= 4 is 22.4 Å². The number of rotatable bonds is 0. The molecular weight excluding hydrogens is 140 g/mol. The van der Waals surface area contributed by atoms with E-state index in [0.29, 0.717) is 11.4 Å². The van der Waals surface area contributed by atoms with Gasteiger partial charge < -0.3 is 16.5 Å². The molecule has 0 fully saturated rings. The second-order valence-electron chi connectivity index (χ2n) is 2.37. The molecule has 2 aromatic heterocycles. The Morgan fingerprint density at radius 1 is 1.36 bits per heavy atom. The third-order valence-electron chi connectivity index (χ3n) is 1.66. The summed E-state index contributed by atoms with van der Waals surface area (Å²) >= 11 is 0. The molecule has 2 rings (SSSR count). The predicted molar refractivity (Wildman–Crippen MR) is 44.9 cm³/mol. The van der Waals surface area contributed by atoms with Crippen LogP contribution in [0.1, 0.15) is 0 Å². The molecular formula is C7H8N4. The zero-order valence-corrected chi connectivity index (χ0v) is 5.83. The van der Waals surface area contributed by atoms with E-state index in [4.69, 9.17) is 11.5 Å². The van der Waals surface area contributed by atoms with Crippen molar-refractivity contribution in [1.82, 2.24) is 9.97 Å². The highest BCUT2D eigenvalue weighted by Gasteiger charge is 2.01. The van der Waals surface area contributed by atoms with Gasteiger partial charge in [-0.05, 0) is 6.07 Å². The summed E-state index contributed by atoms with van der Waals surface area (Å²) in [6.07, 6.45) is 3.33. The fraction of sp³-hybridized carbons (Fsp3) is 0. The summed E-state index contributed by atoms with van der Waals surface area (Å²) in [6.45, 7) is 0. The molecule has 0 aromatic carbocycles. The minimum absolute atomic E-state index is 0.525. The summed E-state index contributed by atoms with van der Waals surface area (Å²) in [6, 6.07) is 1.86. The number of hydrogen-bond donors (Lipinski definition) is 3. The second kappa shape index (κ2) is 1.88. The van der Waals surface area contributed by atoms with E-state index in [1.54, 1.807) is 12.4 Å². The molecule has 4 nitrogen and oxygen atoms in total. The van der Waals surface area contributed by atoms with Crippen molar-refractivity contribution in [2.24, 2.45) is 0 Å². The number of nitrogens with two attached hydrogens (primary N) is 2. The van der Waals surface area contributed by atoms with E-state index in [-0.39, 0.29) is 0 Å². The van der Waals surface area contributed by atoms with Crippen molar-refractivity contribution in [2.45, 2.75) is 0 Å². The van der Waals surface area contributed by atoms with E-state index in [1.165, 1.54) is 0 Å². The lowest BCUT2D eigenvalue weighted by molar-refractivity contribution is 1.33. The van der Waals surface area contributed by atoms with Crippen molar-refractivity contribution < 1.29 is 0 Å². The van der Waals surface area contributed by atoms with Crippen molar-refractivity contribution in [3.63, 3.8) is 0 Å². The van der Waals surface area contributed by atoms with Crippen LogP contribution in [0.4, 0.5) is 11.4 Å². The highest BCUT2D eigenvalue weighted by Crippen LogP contribution is 2.22. The summed E-state index contributed by atoms with van der Waals surface area (Å²) in [4.78, 5) is 6.98. The van der Waals surface area contributed by atoms with Gasteiger partial charge in [0.25, 0.3) is 0 Å². The molecule has 5 N–H and O–H groups in total. The Hall–Kier alpha value is -1.71. The van der Waals surface area contributed by atoms with E-state index in [0.717, 1.165) is 11.0 Å². The van der Waals surface area contributed by atoms with Crippen molar-refractivity contribution in [1.29, 1.82) is 0 Å². The molecule has 0 bridgehead atoms. The molecule has 56 valence electrons. The van der Waals surface area contributed by atoms with Crippen LogP contribution in [-0.2, 0) is 0 Å². The van der Waals surface area contributed by atoms with Crippen LogP contribution in [0.3, 0.4) is 0 Å². The summed E-state index contributed by atoms with van der Waals surface area (Å²) < 4.78 is 0. The second-order valence-corrected chi connectivity index (χ2v) is 2.37. The topological polar surface area (TPSA) is 80.7 Å². The minimum atomic E-state index is 0.525. The molecule has 0 atom stereocenters. The Bertz CT molecular complexity index is 390. The van der Waals surface area contributed by atoms with Crippen LogP contribution in [0.5, 0.6) is 0 Å². The molecule has 2 heterocycles. The molecule has 0 spiro atoms. The minimum Gasteiger partial charge on any atom is -0.396 e. The molecule has 11 heavy (non-hydrogen) atoms. The maximum absolute atomic E-state index is 5.68. The smallest absolute Gasteiger partial charge is 0.139 e. The van der Waals surface area contributed by atoms with Crippen molar-refractivity contribution in [3.8, 4) is 0 Å². The van der Waals surface area contributed by atoms with Gasteiger partial charge in [0.1, 0.15) is 5.65 Å². The number of H-pyrrole nitrogens is 1. The number of nitrogens with one attached hydrogen (secondary N) is 1. The van der Waals surface area contributed by atoms with Gasteiger partial charge in [-0.1, -0.05) is 0 Å². The molecule has 0 aliphatic heterocycles. The first kappa shape index (κ1) is 6.03. The van der Waals surface area contributed by atoms with E-state index in [2.05, 4.69) is 9.97 Å². The van der Waals surface area contributed by atoms with Crippen LogP contribution < -0.4 is 11.5 Å². The quantitative estimate of drug-likeness (QED) is 0.515. The number of nitrogens with zero attached hydrogens (tertiary/aromatic N) is 1. The van der Waals surface area contributed by atoms with Gasteiger partial charge in [0.05, 0.1) is 17.6 Å². The van der Waals surface area contributed by atoms with Crippen LogP contribution in [0.25, 0.3) is 11.0 Å². The average Bonchev–Trinajstić information content (AvgIpc) is 2.45. The lowest BCUT2D eigenvalue weighted by Crippen LogP contribution is -1.95. The van der Waals surface area contributed by atoms with Gasteiger partial charge in [0.15, 0.2) is 0 Å². The Morgan fingerprint density at radius 3 is 3.00 bits per heavy atom. The zero-order valence-electron chi connectivity index (χ0n) is 5.83. The number of fused-ring (bicyclic) bond motifs is 1. The van der Waals surface area contributed by atoms with E-state index in [1.807, 2.05) is 6.07 Å². The maximum atomic E-state index is 5.68. The number of aromatic amines is 1. The van der Waals surface area contributed by atoms with Gasteiger partial charge in [0, 0.05) is 11.6 Å². The summed E-state index contributed by atoms with van der Waals surface area (Å²) in [5, 5.41) is 0.880. The van der Waals surface area contributed by atoms with Gasteiger partial charge >= 0.3 is 0 Å². The van der Waals surface area contributed by atoms with E-state index in [9.17, 15) is 0 Å². The lowest BCUT2D eigenvalue weighted by atomic mass is 10.2. The van der Waals surface area contributed by atoms with Crippen molar-refractivity contribution in [3.05, 3.63) is 18.5 Å².